The minimum absolute atomic E-state index is 0.0389. The van der Waals surface area contributed by atoms with Crippen molar-refractivity contribution in [1.82, 2.24) is 0 Å². The molecule has 0 aliphatic carbocycles. The highest BCUT2D eigenvalue weighted by atomic mass is 16.6. The molecular formula is C23H27N3O5. The lowest BCUT2D eigenvalue weighted by Crippen LogP contribution is -2.30. The SMILES string of the molecule is Cc1cc(C)c(NC(=O)C(C)OC(=O)c2ccc(N3CCCC3)c([N+](=O)[O-])c2)c(C)c1. The standard InChI is InChI=1S/C23H27N3O5/c1-14-11-15(2)21(16(3)12-14)24-22(27)17(4)31-23(28)18-7-8-19(20(13-18)26(29)30)25-9-5-6-10-25/h7-8,11-13,17H,5-6,9-10H2,1-4H3,(H,24,27). The maximum Gasteiger partial charge on any atom is 0.339 e. The number of benzene rings is 2. The summed E-state index contributed by atoms with van der Waals surface area (Å²) in [4.78, 5) is 38.1. The molecule has 0 spiro atoms. The molecule has 8 nitrogen and oxygen atoms in total. The van der Waals surface area contributed by atoms with E-state index in [1.807, 2.05) is 37.8 Å². The number of hydrogen-bond acceptors (Lipinski definition) is 6. The molecule has 2 aromatic carbocycles. The Labute approximate surface area is 181 Å². The summed E-state index contributed by atoms with van der Waals surface area (Å²) in [6.07, 6.45) is 0.894. The van der Waals surface area contributed by atoms with Crippen LogP contribution in [-0.2, 0) is 9.53 Å². The molecular weight excluding hydrogens is 398 g/mol. The van der Waals surface area contributed by atoms with Crippen LogP contribution in [0.4, 0.5) is 17.1 Å². The molecule has 8 heteroatoms. The molecule has 0 bridgehead atoms. The fourth-order valence-corrected chi connectivity index (χ4v) is 3.91. The molecule has 1 unspecified atom stereocenters. The van der Waals surface area contributed by atoms with E-state index in [4.69, 9.17) is 4.74 Å². The molecule has 0 saturated carbocycles. The molecule has 1 heterocycles. The fraction of sp³-hybridized carbons (Fsp3) is 0.391. The van der Waals surface area contributed by atoms with Crippen LogP contribution in [0.25, 0.3) is 0 Å². The molecule has 0 aromatic heterocycles. The van der Waals surface area contributed by atoms with Gasteiger partial charge in [0.2, 0.25) is 0 Å². The number of nitro benzene ring substituents is 1. The van der Waals surface area contributed by atoms with Gasteiger partial charge in [-0.05, 0) is 63.8 Å². The number of esters is 1. The third kappa shape index (κ3) is 5.02. The maximum atomic E-state index is 12.6. The summed E-state index contributed by atoms with van der Waals surface area (Å²) in [5, 5.41) is 14.3. The Kier molecular flexibility index (Phi) is 6.58. The lowest BCUT2D eigenvalue weighted by molar-refractivity contribution is -0.384. The Bertz CT molecular complexity index is 1000. The second kappa shape index (κ2) is 9.16. The van der Waals surface area contributed by atoms with Gasteiger partial charge in [0.25, 0.3) is 11.6 Å². The number of carbonyl (C=O) groups excluding carboxylic acids is 2. The van der Waals surface area contributed by atoms with Gasteiger partial charge in [-0.25, -0.2) is 4.79 Å². The molecule has 1 amide bonds. The summed E-state index contributed by atoms with van der Waals surface area (Å²) in [6, 6.07) is 8.21. The predicted octanol–water partition coefficient (Wildman–Crippen LogP) is 4.30. The van der Waals surface area contributed by atoms with Crippen molar-refractivity contribution in [3.8, 4) is 0 Å². The number of amides is 1. The summed E-state index contributed by atoms with van der Waals surface area (Å²) in [7, 11) is 0. The molecule has 1 atom stereocenters. The summed E-state index contributed by atoms with van der Waals surface area (Å²) >= 11 is 0. The van der Waals surface area contributed by atoms with Crippen LogP contribution < -0.4 is 10.2 Å². The minimum Gasteiger partial charge on any atom is -0.449 e. The molecule has 1 N–H and O–H groups in total. The van der Waals surface area contributed by atoms with Crippen molar-refractivity contribution in [2.75, 3.05) is 23.3 Å². The molecule has 164 valence electrons. The Morgan fingerprint density at radius 1 is 1.10 bits per heavy atom. The van der Waals surface area contributed by atoms with Gasteiger partial charge in [-0.3, -0.25) is 14.9 Å². The number of nitro groups is 1. The largest absolute Gasteiger partial charge is 0.449 e. The zero-order valence-corrected chi connectivity index (χ0v) is 18.2. The van der Waals surface area contributed by atoms with E-state index >= 15 is 0 Å². The second-order valence-electron chi connectivity index (χ2n) is 7.97. The van der Waals surface area contributed by atoms with Crippen molar-refractivity contribution in [3.63, 3.8) is 0 Å². The zero-order chi connectivity index (χ0) is 22.7. The molecule has 31 heavy (non-hydrogen) atoms. The average molecular weight is 425 g/mol. The van der Waals surface area contributed by atoms with E-state index in [1.54, 1.807) is 6.07 Å². The number of ether oxygens (including phenoxy) is 1. The van der Waals surface area contributed by atoms with E-state index in [1.165, 1.54) is 19.1 Å². The molecule has 0 radical (unpaired) electrons. The van der Waals surface area contributed by atoms with Crippen LogP contribution in [0.1, 0.15) is 46.8 Å². The van der Waals surface area contributed by atoms with Gasteiger partial charge >= 0.3 is 5.97 Å². The Balaban J connectivity index is 1.72. The number of hydrogen-bond donors (Lipinski definition) is 1. The van der Waals surface area contributed by atoms with Crippen molar-refractivity contribution in [2.24, 2.45) is 0 Å². The normalized spacial score (nSPS) is 14.3. The molecule has 1 aliphatic heterocycles. The summed E-state index contributed by atoms with van der Waals surface area (Å²) in [5.41, 5.74) is 4.00. The average Bonchev–Trinajstić information content (AvgIpc) is 3.24. The van der Waals surface area contributed by atoms with E-state index in [0.717, 1.165) is 42.6 Å². The maximum absolute atomic E-state index is 12.6. The van der Waals surface area contributed by atoms with Gasteiger partial charge in [0.1, 0.15) is 5.69 Å². The first-order valence-corrected chi connectivity index (χ1v) is 10.3. The van der Waals surface area contributed by atoms with Crippen LogP contribution in [-0.4, -0.2) is 36.0 Å². The highest BCUT2D eigenvalue weighted by Gasteiger charge is 2.26. The summed E-state index contributed by atoms with van der Waals surface area (Å²) in [5.74, 6) is -1.25. The van der Waals surface area contributed by atoms with E-state index in [9.17, 15) is 19.7 Å². The topological polar surface area (TPSA) is 102 Å². The van der Waals surface area contributed by atoms with Gasteiger partial charge < -0.3 is 15.0 Å². The van der Waals surface area contributed by atoms with Crippen LogP contribution >= 0.6 is 0 Å². The lowest BCUT2D eigenvalue weighted by Gasteiger charge is -2.18. The number of nitrogens with one attached hydrogen (secondary N) is 1. The fourth-order valence-electron chi connectivity index (χ4n) is 3.91. The first-order chi connectivity index (χ1) is 14.7. The Morgan fingerprint density at radius 2 is 1.71 bits per heavy atom. The van der Waals surface area contributed by atoms with Crippen molar-refractivity contribution in [1.29, 1.82) is 0 Å². The lowest BCUT2D eigenvalue weighted by atomic mass is 10.0. The minimum atomic E-state index is -1.06. The monoisotopic (exact) mass is 425 g/mol. The molecule has 1 aliphatic rings. The molecule has 2 aromatic rings. The number of aryl methyl sites for hydroxylation is 3. The molecule has 1 saturated heterocycles. The number of anilines is 2. The second-order valence-corrected chi connectivity index (χ2v) is 7.97. The highest BCUT2D eigenvalue weighted by Crippen LogP contribution is 2.32. The quantitative estimate of drug-likeness (QED) is 0.420. The molecule has 3 rings (SSSR count). The van der Waals surface area contributed by atoms with E-state index in [-0.39, 0.29) is 11.3 Å². The van der Waals surface area contributed by atoms with Crippen LogP contribution in [0.15, 0.2) is 30.3 Å². The van der Waals surface area contributed by atoms with E-state index in [0.29, 0.717) is 11.4 Å². The van der Waals surface area contributed by atoms with Gasteiger partial charge in [0, 0.05) is 24.8 Å². The molecule has 1 fully saturated rings. The van der Waals surface area contributed by atoms with Crippen molar-refractivity contribution >= 4 is 28.9 Å². The predicted molar refractivity (Wildman–Crippen MR) is 119 cm³/mol. The van der Waals surface area contributed by atoms with Crippen molar-refractivity contribution < 1.29 is 19.2 Å². The first-order valence-electron chi connectivity index (χ1n) is 10.3. The van der Waals surface area contributed by atoms with Gasteiger partial charge in [-0.1, -0.05) is 17.7 Å². The Hall–Kier alpha value is -3.42. The van der Waals surface area contributed by atoms with Crippen LogP contribution in [0.2, 0.25) is 0 Å². The summed E-state index contributed by atoms with van der Waals surface area (Å²) < 4.78 is 5.29. The van der Waals surface area contributed by atoms with E-state index < -0.39 is 22.9 Å². The number of carbonyl (C=O) groups is 2. The third-order valence-electron chi connectivity index (χ3n) is 5.43. The number of nitrogens with zero attached hydrogens (tertiary/aromatic N) is 2. The number of rotatable bonds is 6. The van der Waals surface area contributed by atoms with Gasteiger partial charge in [-0.2, -0.15) is 0 Å². The first kappa shape index (κ1) is 22.3. The van der Waals surface area contributed by atoms with E-state index in [2.05, 4.69) is 5.32 Å². The summed E-state index contributed by atoms with van der Waals surface area (Å²) in [6.45, 7) is 8.74. The smallest absolute Gasteiger partial charge is 0.339 e. The Morgan fingerprint density at radius 3 is 2.29 bits per heavy atom. The van der Waals surface area contributed by atoms with Crippen LogP contribution in [0.5, 0.6) is 0 Å². The third-order valence-corrected chi connectivity index (χ3v) is 5.43. The van der Waals surface area contributed by atoms with Gasteiger partial charge in [0.05, 0.1) is 10.5 Å². The van der Waals surface area contributed by atoms with Crippen LogP contribution in [0.3, 0.4) is 0 Å². The zero-order valence-electron chi connectivity index (χ0n) is 18.2. The van der Waals surface area contributed by atoms with Crippen molar-refractivity contribution in [3.05, 3.63) is 62.7 Å². The van der Waals surface area contributed by atoms with Gasteiger partial charge in [0.15, 0.2) is 6.10 Å². The van der Waals surface area contributed by atoms with Crippen molar-refractivity contribution in [2.45, 2.75) is 46.6 Å². The van der Waals surface area contributed by atoms with Gasteiger partial charge in [-0.15, -0.1) is 0 Å². The van der Waals surface area contributed by atoms with Crippen LogP contribution in [0, 0.1) is 30.9 Å². The highest BCUT2D eigenvalue weighted by molar-refractivity contribution is 5.98.